The molecule has 5 aromatic carbocycles. The van der Waals surface area contributed by atoms with Gasteiger partial charge in [-0.1, -0.05) is 60.7 Å². The maximum Gasteiger partial charge on any atom is 0.106 e. The summed E-state index contributed by atoms with van der Waals surface area (Å²) < 4.78 is 4.49. The molecule has 0 unspecified atom stereocenters. The van der Waals surface area contributed by atoms with Gasteiger partial charge in [-0.15, -0.1) is 0 Å². The number of aromatic amines is 1. The summed E-state index contributed by atoms with van der Waals surface area (Å²) in [5, 5.41) is 2.51. The summed E-state index contributed by atoms with van der Waals surface area (Å²) in [6.07, 6.45) is 0. The third-order valence-electron chi connectivity index (χ3n) is 7.32. The number of nitrogens with one attached hydrogen (secondary N) is 1. The molecule has 0 saturated heterocycles. The van der Waals surface area contributed by atoms with Gasteiger partial charge in [0.25, 0.3) is 0 Å². The van der Waals surface area contributed by atoms with Gasteiger partial charge in [0, 0.05) is 23.5 Å². The molecule has 4 nitrogen and oxygen atoms in total. The highest BCUT2D eigenvalue weighted by atomic mass is 15.0. The molecule has 178 valence electrons. The van der Waals surface area contributed by atoms with Gasteiger partial charge in [-0.3, -0.25) is 0 Å². The Balaban J connectivity index is 1.48. The number of fused-ring (bicyclic) bond motifs is 5. The van der Waals surface area contributed by atoms with E-state index in [9.17, 15) is 0 Å². The van der Waals surface area contributed by atoms with Crippen LogP contribution in [0.2, 0.25) is 0 Å². The molecule has 0 aliphatic rings. The fraction of sp³-hybridized carbons (Fsp3) is 0.0606. The van der Waals surface area contributed by atoms with Crippen LogP contribution in [-0.2, 0) is 7.05 Å². The van der Waals surface area contributed by atoms with E-state index in [4.69, 9.17) is 4.98 Å². The van der Waals surface area contributed by atoms with Crippen LogP contribution in [0, 0.1) is 6.92 Å². The van der Waals surface area contributed by atoms with Crippen molar-refractivity contribution < 1.29 is 0 Å². The summed E-state index contributed by atoms with van der Waals surface area (Å²) in [5.74, 6) is 0.957. The van der Waals surface area contributed by atoms with Crippen molar-refractivity contribution in [1.82, 2.24) is 19.1 Å². The number of rotatable bonds is 2. The summed E-state index contributed by atoms with van der Waals surface area (Å²) in [6.45, 7) is 2.05. The van der Waals surface area contributed by atoms with Crippen molar-refractivity contribution in [2.45, 2.75) is 6.92 Å². The quantitative estimate of drug-likeness (QED) is 0.267. The van der Waals surface area contributed by atoms with Gasteiger partial charge >= 0.3 is 0 Å². The second-order valence-corrected chi connectivity index (χ2v) is 9.51. The molecule has 0 radical (unpaired) electrons. The van der Waals surface area contributed by atoms with E-state index in [1.807, 2.05) is 18.2 Å². The van der Waals surface area contributed by atoms with Crippen molar-refractivity contribution in [3.05, 3.63) is 121 Å². The first-order chi connectivity index (χ1) is 18.2. The van der Waals surface area contributed by atoms with Crippen LogP contribution in [0.3, 0.4) is 0 Å². The molecule has 7 aromatic rings. The first-order valence-corrected chi connectivity index (χ1v) is 12.6. The van der Waals surface area contributed by atoms with Crippen molar-refractivity contribution in [3.8, 4) is 16.8 Å². The Bertz CT molecular complexity index is 2000. The number of H-pyrrole nitrogens is 1. The van der Waals surface area contributed by atoms with Gasteiger partial charge in [0.1, 0.15) is 5.82 Å². The highest BCUT2D eigenvalue weighted by molar-refractivity contribution is 6.10. The molecule has 0 aliphatic heterocycles. The van der Waals surface area contributed by atoms with Crippen LogP contribution in [0.5, 0.6) is 0 Å². The summed E-state index contributed by atoms with van der Waals surface area (Å²) in [7, 11) is 2.07. The van der Waals surface area contributed by atoms with Gasteiger partial charge in [0.05, 0.1) is 33.1 Å². The molecule has 0 atom stereocenters. The van der Waals surface area contributed by atoms with Crippen LogP contribution < -0.4 is 0 Å². The predicted molar refractivity (Wildman–Crippen MR) is 155 cm³/mol. The number of nitrogens with zero attached hydrogens (tertiary/aromatic N) is 3. The van der Waals surface area contributed by atoms with E-state index >= 15 is 0 Å². The lowest BCUT2D eigenvalue weighted by molar-refractivity contribution is 0.860. The molecular formula is C33H26N4. The molecule has 0 aliphatic carbocycles. The zero-order valence-corrected chi connectivity index (χ0v) is 20.8. The fourth-order valence-electron chi connectivity index (χ4n) is 5.36. The van der Waals surface area contributed by atoms with Crippen molar-refractivity contribution in [1.29, 1.82) is 0 Å². The summed E-state index contributed by atoms with van der Waals surface area (Å²) in [6, 6.07) is 40.9. The van der Waals surface area contributed by atoms with Crippen molar-refractivity contribution in [3.63, 3.8) is 0 Å². The Morgan fingerprint density at radius 2 is 1.27 bits per heavy atom. The average Bonchev–Trinajstić information content (AvgIpc) is 3.27. The molecule has 7 rings (SSSR count). The maximum absolute atomic E-state index is 4.83. The Morgan fingerprint density at radius 1 is 0.595 bits per heavy atom. The normalized spacial score (nSPS) is 11.5. The average molecular weight is 479 g/mol. The molecule has 37 heavy (non-hydrogen) atoms. The number of benzene rings is 5. The maximum atomic E-state index is 4.83. The largest absolute Gasteiger partial charge is 0.352 e. The van der Waals surface area contributed by atoms with Gasteiger partial charge in [0.15, 0.2) is 0 Å². The number of aromatic nitrogens is 4. The smallest absolute Gasteiger partial charge is 0.106 e. The zero-order chi connectivity index (χ0) is 24.9. The van der Waals surface area contributed by atoms with Crippen LogP contribution in [0.25, 0.3) is 60.7 Å². The molecule has 4 heteroatoms. The van der Waals surface area contributed by atoms with Gasteiger partial charge in [-0.25, -0.2) is 4.98 Å². The molecule has 0 saturated carbocycles. The van der Waals surface area contributed by atoms with Crippen molar-refractivity contribution in [2.24, 2.45) is 7.05 Å². The number of para-hydroxylation sites is 4. The van der Waals surface area contributed by atoms with Crippen LogP contribution in [-0.4, -0.2) is 19.1 Å². The topological polar surface area (TPSA) is 38.5 Å². The van der Waals surface area contributed by atoms with Crippen molar-refractivity contribution >= 4 is 43.9 Å². The van der Waals surface area contributed by atoms with Crippen molar-refractivity contribution in [2.75, 3.05) is 0 Å². The molecule has 0 spiro atoms. The molecule has 1 N–H and O–H groups in total. The fourth-order valence-corrected chi connectivity index (χ4v) is 5.36. The van der Waals surface area contributed by atoms with E-state index in [-0.39, 0.29) is 0 Å². The third kappa shape index (κ3) is 3.49. The highest BCUT2D eigenvalue weighted by Crippen LogP contribution is 2.35. The second-order valence-electron chi connectivity index (χ2n) is 9.51. The highest BCUT2D eigenvalue weighted by Gasteiger charge is 2.13. The number of hydrogen-bond donors (Lipinski definition) is 1. The minimum absolute atomic E-state index is 0.943. The van der Waals surface area contributed by atoms with Gasteiger partial charge in [-0.2, -0.15) is 0 Å². The summed E-state index contributed by atoms with van der Waals surface area (Å²) >= 11 is 0. The Labute approximate surface area is 214 Å². The van der Waals surface area contributed by atoms with E-state index in [0.29, 0.717) is 0 Å². The molecule has 2 aromatic heterocycles. The lowest BCUT2D eigenvalue weighted by Crippen LogP contribution is -2.00. The van der Waals surface area contributed by atoms with E-state index in [0.717, 1.165) is 27.9 Å². The molecular weight excluding hydrogens is 452 g/mol. The first kappa shape index (κ1) is 21.5. The third-order valence-corrected chi connectivity index (χ3v) is 7.32. The van der Waals surface area contributed by atoms with Crippen LogP contribution in [0.1, 0.15) is 5.82 Å². The van der Waals surface area contributed by atoms with Crippen LogP contribution in [0.4, 0.5) is 0 Å². The van der Waals surface area contributed by atoms with Gasteiger partial charge in [-0.05, 0) is 72.6 Å². The van der Waals surface area contributed by atoms with Crippen LogP contribution >= 0.6 is 0 Å². The summed E-state index contributed by atoms with van der Waals surface area (Å²) in [4.78, 5) is 8.47. The molecule has 0 bridgehead atoms. The van der Waals surface area contributed by atoms with E-state index < -0.39 is 0 Å². The number of hydrogen-bond acceptors (Lipinski definition) is 1. The monoisotopic (exact) mass is 478 g/mol. The second kappa shape index (κ2) is 8.38. The standard InChI is InChI=1S/C33H26N4/c1-22-34-28-13-7-8-14-29(28)35-30-21-24(17-19-33(30)36(22)2)23-16-18-32-27(20-23)26-12-6-9-15-31(26)37(32)25-10-4-3-5-11-25/h3-21,35H,1-2H3. The number of aryl methyl sites for hydroxylation is 2. The van der Waals surface area contributed by atoms with Gasteiger partial charge in [0.2, 0.25) is 0 Å². The lowest BCUT2D eigenvalue weighted by Gasteiger charge is -2.11. The molecule has 2 heterocycles. The molecule has 0 amide bonds. The van der Waals surface area contributed by atoms with E-state index in [1.165, 1.54) is 38.6 Å². The lowest BCUT2D eigenvalue weighted by atomic mass is 10.0. The first-order valence-electron chi connectivity index (χ1n) is 12.6. The Kier molecular flexibility index (Phi) is 4.86. The van der Waals surface area contributed by atoms with E-state index in [1.54, 1.807) is 0 Å². The minimum Gasteiger partial charge on any atom is -0.352 e. The summed E-state index contributed by atoms with van der Waals surface area (Å²) in [5.41, 5.74) is 10.1. The van der Waals surface area contributed by atoms with Crippen LogP contribution in [0.15, 0.2) is 115 Å². The van der Waals surface area contributed by atoms with E-state index in [2.05, 4.69) is 125 Å². The minimum atomic E-state index is 0.943. The zero-order valence-electron chi connectivity index (χ0n) is 20.8. The molecule has 0 fully saturated rings. The Hall–Kier alpha value is -4.83. The SMILES string of the molecule is Cc1nc2ccccc2[nH]c2cc(-c3ccc4c(c3)c3ccccc3n4-c3ccccc3)ccc2n1C. The van der Waals surface area contributed by atoms with Gasteiger partial charge < -0.3 is 14.1 Å². The predicted octanol–water partition coefficient (Wildman–Crippen LogP) is 8.25. The Morgan fingerprint density at radius 3 is 2.14 bits per heavy atom.